The van der Waals surface area contributed by atoms with Crippen LogP contribution in [0, 0.1) is 0 Å². The number of nitrogens with zero attached hydrogens (tertiary/aromatic N) is 3. The molecule has 1 heterocycles. The number of nitrogens with one attached hydrogen (secondary N) is 1. The summed E-state index contributed by atoms with van der Waals surface area (Å²) in [6, 6.07) is 0.267. The Labute approximate surface area is 120 Å². The number of alkyl halides is 1. The fourth-order valence-corrected chi connectivity index (χ4v) is 2.93. The minimum absolute atomic E-state index is 0.169. The molecular weight excluding hydrogens is 260 g/mol. The molecule has 19 heavy (non-hydrogen) atoms. The highest BCUT2D eigenvalue weighted by atomic mass is 35.5. The molecule has 1 fully saturated rings. The molecule has 2 atom stereocenters. The summed E-state index contributed by atoms with van der Waals surface area (Å²) in [6.07, 6.45) is 7.65. The van der Waals surface area contributed by atoms with Gasteiger partial charge in [0.15, 0.2) is 0 Å². The van der Waals surface area contributed by atoms with Crippen molar-refractivity contribution < 1.29 is 0 Å². The van der Waals surface area contributed by atoms with Crippen molar-refractivity contribution in [1.82, 2.24) is 15.2 Å². The second-order valence-electron chi connectivity index (χ2n) is 5.14. The van der Waals surface area contributed by atoms with Gasteiger partial charge < -0.3 is 5.32 Å². The number of aryl methyl sites for hydroxylation is 2. The van der Waals surface area contributed by atoms with Crippen molar-refractivity contribution in [2.45, 2.75) is 70.2 Å². The highest BCUT2D eigenvalue weighted by Crippen LogP contribution is 2.24. The van der Waals surface area contributed by atoms with Crippen molar-refractivity contribution in [3.63, 3.8) is 0 Å². The van der Waals surface area contributed by atoms with Gasteiger partial charge in [-0.1, -0.05) is 33.1 Å². The van der Waals surface area contributed by atoms with Gasteiger partial charge in [-0.2, -0.15) is 5.10 Å². The van der Waals surface area contributed by atoms with Crippen molar-refractivity contribution >= 4 is 17.5 Å². The first-order valence-corrected chi connectivity index (χ1v) is 7.81. The maximum absolute atomic E-state index is 6.43. The largest absolute Gasteiger partial charge is 0.349 e. The normalized spacial score (nSPS) is 23.9. The number of halogens is 1. The van der Waals surface area contributed by atoms with Gasteiger partial charge in [-0.05, 0) is 25.7 Å². The fraction of sp³-hybridized carbons (Fsp3) is 0.786. The quantitative estimate of drug-likeness (QED) is 0.680. The zero-order chi connectivity index (χ0) is 13.7. The van der Waals surface area contributed by atoms with Crippen LogP contribution in [0.5, 0.6) is 0 Å². The zero-order valence-corrected chi connectivity index (χ0v) is 12.6. The Bertz CT molecular complexity index is 410. The van der Waals surface area contributed by atoms with Crippen molar-refractivity contribution in [3.8, 4) is 0 Å². The molecule has 1 aliphatic carbocycles. The first-order chi connectivity index (χ1) is 9.24. The lowest BCUT2D eigenvalue weighted by molar-refractivity contribution is 0.618. The van der Waals surface area contributed by atoms with Gasteiger partial charge in [-0.25, -0.2) is 4.98 Å². The molecule has 1 aromatic heterocycles. The minimum atomic E-state index is 0.169. The van der Waals surface area contributed by atoms with E-state index in [4.69, 9.17) is 11.6 Å². The van der Waals surface area contributed by atoms with Gasteiger partial charge >= 0.3 is 0 Å². The summed E-state index contributed by atoms with van der Waals surface area (Å²) in [6.45, 7) is 4.18. The number of hydrogen-bond acceptors (Lipinski definition) is 4. The third-order valence-electron chi connectivity index (χ3n) is 3.76. The van der Waals surface area contributed by atoms with Crippen LogP contribution in [0.4, 0.5) is 5.95 Å². The second-order valence-corrected chi connectivity index (χ2v) is 5.70. The predicted octanol–water partition coefficient (Wildman–Crippen LogP) is 3.35. The van der Waals surface area contributed by atoms with E-state index in [1.54, 1.807) is 0 Å². The molecule has 1 aromatic rings. The van der Waals surface area contributed by atoms with Gasteiger partial charge in [0.1, 0.15) is 0 Å². The zero-order valence-electron chi connectivity index (χ0n) is 11.8. The van der Waals surface area contributed by atoms with E-state index in [-0.39, 0.29) is 11.4 Å². The lowest BCUT2D eigenvalue weighted by atomic mass is 10.1. The van der Waals surface area contributed by atoms with E-state index in [0.717, 1.165) is 37.1 Å². The predicted molar refractivity (Wildman–Crippen MR) is 78.7 cm³/mol. The third-order valence-corrected chi connectivity index (χ3v) is 4.28. The molecule has 0 bridgehead atoms. The van der Waals surface area contributed by atoms with Gasteiger partial charge in [-0.15, -0.1) is 16.7 Å². The van der Waals surface area contributed by atoms with Crippen LogP contribution in [-0.4, -0.2) is 26.6 Å². The average molecular weight is 283 g/mol. The Hall–Kier alpha value is -0.900. The summed E-state index contributed by atoms with van der Waals surface area (Å²) in [4.78, 5) is 4.58. The third kappa shape index (κ3) is 3.78. The van der Waals surface area contributed by atoms with Crippen LogP contribution in [0.15, 0.2) is 0 Å². The number of anilines is 1. The standard InChI is InChI=1S/C14H23ClN4/c1-3-11-12(4-2)18-19-14(16-11)17-13-9-7-5-6-8-10(13)15/h10,13H,3-9H2,1-2H3,(H,16,17,19). The molecule has 1 aliphatic rings. The first kappa shape index (κ1) is 14.5. The highest BCUT2D eigenvalue weighted by molar-refractivity contribution is 6.21. The SMILES string of the molecule is CCc1nnc(NC2CCCCCC2Cl)nc1CC. The molecule has 106 valence electrons. The summed E-state index contributed by atoms with van der Waals surface area (Å²) >= 11 is 6.43. The minimum Gasteiger partial charge on any atom is -0.349 e. The van der Waals surface area contributed by atoms with Crippen LogP contribution in [-0.2, 0) is 12.8 Å². The van der Waals surface area contributed by atoms with E-state index >= 15 is 0 Å². The lowest BCUT2D eigenvalue weighted by Gasteiger charge is -2.21. The van der Waals surface area contributed by atoms with Crippen LogP contribution >= 0.6 is 11.6 Å². The number of hydrogen-bond donors (Lipinski definition) is 1. The maximum atomic E-state index is 6.43. The Kier molecular flexibility index (Phi) is 5.37. The van der Waals surface area contributed by atoms with Crippen LogP contribution in [0.3, 0.4) is 0 Å². The summed E-state index contributed by atoms with van der Waals surface area (Å²) in [7, 11) is 0. The van der Waals surface area contributed by atoms with E-state index < -0.39 is 0 Å². The van der Waals surface area contributed by atoms with Gasteiger partial charge in [0.25, 0.3) is 0 Å². The summed E-state index contributed by atoms with van der Waals surface area (Å²) in [5.74, 6) is 0.631. The van der Waals surface area contributed by atoms with Crippen LogP contribution in [0.25, 0.3) is 0 Å². The van der Waals surface area contributed by atoms with E-state index in [9.17, 15) is 0 Å². The van der Waals surface area contributed by atoms with Gasteiger partial charge in [0.05, 0.1) is 16.8 Å². The molecule has 0 aromatic carbocycles. The molecule has 4 nitrogen and oxygen atoms in total. The molecule has 0 saturated heterocycles. The molecule has 0 radical (unpaired) electrons. The molecular formula is C14H23ClN4. The van der Waals surface area contributed by atoms with Crippen molar-refractivity contribution in [3.05, 3.63) is 11.4 Å². The Morgan fingerprint density at radius 2 is 1.79 bits per heavy atom. The molecule has 5 heteroatoms. The Morgan fingerprint density at radius 3 is 2.53 bits per heavy atom. The molecule has 1 saturated carbocycles. The molecule has 2 rings (SSSR count). The summed E-state index contributed by atoms with van der Waals surface area (Å²) in [5, 5.41) is 12.0. The van der Waals surface area contributed by atoms with E-state index in [1.807, 2.05) is 0 Å². The molecule has 0 amide bonds. The summed E-state index contributed by atoms with van der Waals surface area (Å²) in [5.41, 5.74) is 2.04. The first-order valence-electron chi connectivity index (χ1n) is 7.37. The Balaban J connectivity index is 2.09. The van der Waals surface area contributed by atoms with E-state index in [2.05, 4.69) is 34.3 Å². The molecule has 0 aliphatic heterocycles. The lowest BCUT2D eigenvalue weighted by Crippen LogP contribution is -2.30. The summed E-state index contributed by atoms with van der Waals surface area (Å²) < 4.78 is 0. The van der Waals surface area contributed by atoms with Crippen molar-refractivity contribution in [2.75, 3.05) is 5.32 Å². The smallest absolute Gasteiger partial charge is 0.243 e. The molecule has 1 N–H and O–H groups in total. The fourth-order valence-electron chi connectivity index (χ4n) is 2.59. The molecule has 2 unspecified atom stereocenters. The maximum Gasteiger partial charge on any atom is 0.243 e. The number of rotatable bonds is 4. The van der Waals surface area contributed by atoms with E-state index in [0.29, 0.717) is 5.95 Å². The van der Waals surface area contributed by atoms with E-state index in [1.165, 1.54) is 19.3 Å². The highest BCUT2D eigenvalue weighted by Gasteiger charge is 2.22. The van der Waals surface area contributed by atoms with Crippen LogP contribution in [0.2, 0.25) is 0 Å². The van der Waals surface area contributed by atoms with Crippen LogP contribution < -0.4 is 5.32 Å². The topological polar surface area (TPSA) is 50.7 Å². The Morgan fingerprint density at radius 1 is 1.05 bits per heavy atom. The monoisotopic (exact) mass is 282 g/mol. The van der Waals surface area contributed by atoms with Crippen molar-refractivity contribution in [1.29, 1.82) is 0 Å². The average Bonchev–Trinajstić information content (AvgIpc) is 2.64. The van der Waals surface area contributed by atoms with Gasteiger partial charge in [-0.3, -0.25) is 0 Å². The van der Waals surface area contributed by atoms with Gasteiger partial charge in [0.2, 0.25) is 5.95 Å². The number of aromatic nitrogens is 3. The van der Waals surface area contributed by atoms with Gasteiger partial charge in [0, 0.05) is 6.04 Å². The van der Waals surface area contributed by atoms with Crippen molar-refractivity contribution in [2.24, 2.45) is 0 Å². The second kappa shape index (κ2) is 7.04. The van der Waals surface area contributed by atoms with Crippen LogP contribution in [0.1, 0.15) is 57.3 Å². The molecule has 0 spiro atoms.